The van der Waals surface area contributed by atoms with Crippen molar-refractivity contribution in [1.82, 2.24) is 4.98 Å². The number of aromatic nitrogens is 1. The number of carboxylic acid groups (broad SMARTS) is 1. The van der Waals surface area contributed by atoms with Crippen LogP contribution in [-0.2, 0) is 15.7 Å². The fourth-order valence-corrected chi connectivity index (χ4v) is 1.56. The molecule has 0 atom stereocenters. The topological polar surface area (TPSA) is 86.4 Å². The number of pyridine rings is 1. The maximum atomic E-state index is 12.7. The van der Waals surface area contributed by atoms with Gasteiger partial charge in [-0.25, -0.2) is 4.98 Å². The van der Waals surface area contributed by atoms with Crippen molar-refractivity contribution < 1.29 is 27.8 Å². The molecule has 0 spiro atoms. The summed E-state index contributed by atoms with van der Waals surface area (Å²) >= 11 is 0. The molecule has 0 unspecified atom stereocenters. The van der Waals surface area contributed by atoms with E-state index in [9.17, 15) is 18.0 Å². The third-order valence-electron chi connectivity index (χ3n) is 2.48. The Balaban J connectivity index is 3.26. The van der Waals surface area contributed by atoms with Crippen molar-refractivity contribution in [1.29, 1.82) is 5.26 Å². The molecule has 0 fully saturated rings. The Kier molecular flexibility index (Phi) is 5.49. The van der Waals surface area contributed by atoms with Crippen LogP contribution in [0.3, 0.4) is 0 Å². The molecule has 0 bridgehead atoms. The summed E-state index contributed by atoms with van der Waals surface area (Å²) in [6.07, 6.45) is -4.68. The van der Waals surface area contributed by atoms with Crippen molar-refractivity contribution in [2.45, 2.75) is 6.18 Å². The summed E-state index contributed by atoms with van der Waals surface area (Å²) < 4.78 is 42.8. The minimum absolute atomic E-state index is 0.00814. The van der Waals surface area contributed by atoms with Gasteiger partial charge in [-0.3, -0.25) is 4.79 Å². The van der Waals surface area contributed by atoms with Crippen molar-refractivity contribution >= 4 is 11.8 Å². The van der Waals surface area contributed by atoms with E-state index in [4.69, 9.17) is 15.1 Å². The summed E-state index contributed by atoms with van der Waals surface area (Å²) in [4.78, 5) is 15.2. The predicted molar refractivity (Wildman–Crippen MR) is 65.7 cm³/mol. The Morgan fingerprint density at radius 3 is 2.67 bits per heavy atom. The van der Waals surface area contributed by atoms with Crippen molar-refractivity contribution in [2.24, 2.45) is 0 Å². The van der Waals surface area contributed by atoms with Gasteiger partial charge in [0.25, 0.3) is 0 Å². The largest absolute Gasteiger partial charge is 0.480 e. The summed E-state index contributed by atoms with van der Waals surface area (Å²) in [5, 5.41) is 17.8. The molecule has 0 saturated carbocycles. The SMILES string of the molecule is COCCN(CC(=O)O)c1nc(C(F)(F)F)ccc1C#N. The molecule has 0 amide bonds. The van der Waals surface area contributed by atoms with Gasteiger partial charge in [0.05, 0.1) is 12.2 Å². The van der Waals surface area contributed by atoms with Crippen molar-refractivity contribution in [2.75, 3.05) is 31.7 Å². The Bertz CT molecular complexity index is 555. The van der Waals surface area contributed by atoms with E-state index < -0.39 is 24.4 Å². The smallest absolute Gasteiger partial charge is 0.433 e. The number of anilines is 1. The second-order valence-corrected chi connectivity index (χ2v) is 3.99. The highest BCUT2D eigenvalue weighted by Crippen LogP contribution is 2.30. The molecule has 1 N–H and O–H groups in total. The minimum atomic E-state index is -4.68. The van der Waals surface area contributed by atoms with Crippen LogP contribution in [0.4, 0.5) is 19.0 Å². The van der Waals surface area contributed by atoms with Gasteiger partial charge in [-0.15, -0.1) is 0 Å². The predicted octanol–water partition coefficient (Wildman–Crippen LogP) is 1.51. The van der Waals surface area contributed by atoms with Crippen molar-refractivity contribution in [3.63, 3.8) is 0 Å². The zero-order valence-electron chi connectivity index (χ0n) is 11.0. The van der Waals surface area contributed by atoms with Crippen molar-refractivity contribution in [3.8, 4) is 6.07 Å². The van der Waals surface area contributed by atoms with E-state index in [-0.39, 0.29) is 24.5 Å². The Morgan fingerprint density at radius 1 is 1.52 bits per heavy atom. The molecule has 0 aliphatic heterocycles. The number of hydrogen-bond donors (Lipinski definition) is 1. The Morgan fingerprint density at radius 2 is 2.19 bits per heavy atom. The van der Waals surface area contributed by atoms with Gasteiger partial charge in [0.1, 0.15) is 24.1 Å². The van der Waals surface area contributed by atoms with Gasteiger partial charge in [-0.1, -0.05) is 0 Å². The normalized spacial score (nSPS) is 11.0. The minimum Gasteiger partial charge on any atom is -0.480 e. The summed E-state index contributed by atoms with van der Waals surface area (Å²) in [7, 11) is 1.36. The lowest BCUT2D eigenvalue weighted by Gasteiger charge is -2.23. The lowest BCUT2D eigenvalue weighted by molar-refractivity contribution is -0.141. The first-order chi connectivity index (χ1) is 9.79. The summed E-state index contributed by atoms with van der Waals surface area (Å²) in [5.41, 5.74) is -1.33. The van der Waals surface area contributed by atoms with Crippen LogP contribution in [0.15, 0.2) is 12.1 Å². The molecule has 0 aliphatic carbocycles. The lowest BCUT2D eigenvalue weighted by atomic mass is 10.2. The molecule has 0 radical (unpaired) electrons. The highest BCUT2D eigenvalue weighted by molar-refractivity contribution is 5.74. The van der Waals surface area contributed by atoms with Crippen LogP contribution < -0.4 is 4.90 Å². The summed E-state index contributed by atoms with van der Waals surface area (Å²) in [6, 6.07) is 3.34. The van der Waals surface area contributed by atoms with Gasteiger partial charge >= 0.3 is 12.1 Å². The first-order valence-corrected chi connectivity index (χ1v) is 5.73. The average molecular weight is 303 g/mol. The number of halogens is 3. The zero-order valence-corrected chi connectivity index (χ0v) is 11.0. The van der Waals surface area contributed by atoms with E-state index in [1.165, 1.54) is 7.11 Å². The van der Waals surface area contributed by atoms with Gasteiger partial charge in [-0.2, -0.15) is 18.4 Å². The molecule has 6 nitrogen and oxygen atoms in total. The number of rotatable bonds is 6. The van der Waals surface area contributed by atoms with Crippen LogP contribution in [0.1, 0.15) is 11.3 Å². The third-order valence-corrected chi connectivity index (χ3v) is 2.48. The zero-order chi connectivity index (χ0) is 16.0. The molecule has 0 aliphatic rings. The van der Waals surface area contributed by atoms with E-state index in [2.05, 4.69) is 4.98 Å². The van der Waals surface area contributed by atoms with Gasteiger partial charge in [-0.05, 0) is 12.1 Å². The molecule has 21 heavy (non-hydrogen) atoms. The van der Waals surface area contributed by atoms with E-state index in [1.54, 1.807) is 6.07 Å². The number of nitriles is 1. The maximum absolute atomic E-state index is 12.7. The highest BCUT2D eigenvalue weighted by Gasteiger charge is 2.33. The van der Waals surface area contributed by atoms with Gasteiger partial charge < -0.3 is 14.7 Å². The molecule has 0 saturated heterocycles. The monoisotopic (exact) mass is 303 g/mol. The summed E-state index contributed by atoms with van der Waals surface area (Å²) in [5.74, 6) is -1.58. The summed E-state index contributed by atoms with van der Waals surface area (Å²) in [6.45, 7) is -0.520. The van der Waals surface area contributed by atoms with Crippen LogP contribution in [-0.4, -0.2) is 42.9 Å². The lowest BCUT2D eigenvalue weighted by Crippen LogP contribution is -2.34. The highest BCUT2D eigenvalue weighted by atomic mass is 19.4. The Hall–Kier alpha value is -2.34. The Labute approximate surface area is 118 Å². The molecule has 1 rings (SSSR count). The molecule has 1 heterocycles. The number of nitrogens with zero attached hydrogens (tertiary/aromatic N) is 3. The van der Waals surface area contributed by atoms with Crippen LogP contribution >= 0.6 is 0 Å². The number of aliphatic carboxylic acids is 1. The standard InChI is InChI=1S/C12H12F3N3O3/c1-21-5-4-18(7-10(19)20)11-8(6-16)2-3-9(17-11)12(13,14)15/h2-3H,4-5,7H2,1H3,(H,19,20). The molecule has 1 aromatic rings. The number of ether oxygens (including phenoxy) is 1. The molecule has 1 aromatic heterocycles. The molecule has 114 valence electrons. The molecular weight excluding hydrogens is 291 g/mol. The first-order valence-electron chi connectivity index (χ1n) is 5.73. The fourth-order valence-electron chi connectivity index (χ4n) is 1.56. The van der Waals surface area contributed by atoms with Gasteiger partial charge in [0.2, 0.25) is 0 Å². The number of methoxy groups -OCH3 is 1. The van der Waals surface area contributed by atoms with E-state index in [0.717, 1.165) is 11.0 Å². The first kappa shape index (κ1) is 16.7. The number of alkyl halides is 3. The molecule has 9 heteroatoms. The van der Waals surface area contributed by atoms with Gasteiger partial charge in [0.15, 0.2) is 0 Å². The molecule has 0 aromatic carbocycles. The maximum Gasteiger partial charge on any atom is 0.433 e. The quantitative estimate of drug-likeness (QED) is 0.857. The van der Waals surface area contributed by atoms with Crippen LogP contribution in [0, 0.1) is 11.3 Å². The van der Waals surface area contributed by atoms with Crippen LogP contribution in [0.5, 0.6) is 0 Å². The molecular formula is C12H12F3N3O3. The fraction of sp³-hybridized carbons (Fsp3) is 0.417. The van der Waals surface area contributed by atoms with Gasteiger partial charge in [0, 0.05) is 13.7 Å². The second kappa shape index (κ2) is 6.90. The van der Waals surface area contributed by atoms with Crippen molar-refractivity contribution in [3.05, 3.63) is 23.4 Å². The third kappa shape index (κ3) is 4.61. The number of carboxylic acids is 1. The average Bonchev–Trinajstić information content (AvgIpc) is 2.41. The van der Waals surface area contributed by atoms with Crippen LogP contribution in [0.2, 0.25) is 0 Å². The van der Waals surface area contributed by atoms with Crippen LogP contribution in [0.25, 0.3) is 0 Å². The number of hydrogen-bond acceptors (Lipinski definition) is 5. The van der Waals surface area contributed by atoms with E-state index in [1.807, 2.05) is 0 Å². The second-order valence-electron chi connectivity index (χ2n) is 3.99. The van der Waals surface area contributed by atoms with E-state index in [0.29, 0.717) is 6.07 Å². The van der Waals surface area contributed by atoms with E-state index >= 15 is 0 Å². The number of carbonyl (C=O) groups is 1.